The number of nitrogens with one attached hydrogen (secondary N) is 1. The summed E-state index contributed by atoms with van der Waals surface area (Å²) in [5.74, 6) is -0.484. The van der Waals surface area contributed by atoms with Crippen LogP contribution in [0, 0.1) is 19.7 Å². The van der Waals surface area contributed by atoms with Gasteiger partial charge in [-0.05, 0) is 81.1 Å². The molecule has 1 atom stereocenters. The van der Waals surface area contributed by atoms with Crippen LogP contribution in [-0.2, 0) is 22.6 Å². The van der Waals surface area contributed by atoms with Gasteiger partial charge in [0.15, 0.2) is 6.61 Å². The van der Waals surface area contributed by atoms with E-state index in [9.17, 15) is 14.0 Å². The molecule has 1 N–H and O–H groups in total. The fraction of sp³-hybridized carbons (Fsp3) is 0.333. The Morgan fingerprint density at radius 2 is 1.57 bits per heavy atom. The van der Waals surface area contributed by atoms with Gasteiger partial charge < -0.3 is 15.0 Å². The topological polar surface area (TPSA) is 58.6 Å². The zero-order chi connectivity index (χ0) is 27.2. The first-order valence-electron chi connectivity index (χ1n) is 12.2. The number of carbonyl (C=O) groups is 2. The van der Waals surface area contributed by atoms with Crippen LogP contribution < -0.4 is 10.1 Å². The molecule has 5 nitrogen and oxygen atoms in total. The highest BCUT2D eigenvalue weighted by Crippen LogP contribution is 2.26. The first kappa shape index (κ1) is 28.2. The van der Waals surface area contributed by atoms with E-state index in [1.807, 2.05) is 65.0 Å². The minimum atomic E-state index is -0.809. The lowest BCUT2D eigenvalue weighted by Crippen LogP contribution is -2.55. The highest BCUT2D eigenvalue weighted by Gasteiger charge is 2.32. The molecule has 0 unspecified atom stereocenters. The van der Waals surface area contributed by atoms with Gasteiger partial charge in [0, 0.05) is 23.5 Å². The van der Waals surface area contributed by atoms with Crippen LogP contribution in [0.4, 0.5) is 4.39 Å². The average molecular weight is 525 g/mol. The number of benzene rings is 3. The number of amides is 2. The van der Waals surface area contributed by atoms with E-state index in [-0.39, 0.29) is 30.8 Å². The molecule has 3 aromatic rings. The van der Waals surface area contributed by atoms with Gasteiger partial charge in [0.25, 0.3) is 5.91 Å². The van der Waals surface area contributed by atoms with Gasteiger partial charge in [-0.15, -0.1) is 0 Å². The van der Waals surface area contributed by atoms with Gasteiger partial charge in [-0.3, -0.25) is 9.59 Å². The molecule has 0 radical (unpaired) electrons. The van der Waals surface area contributed by atoms with Gasteiger partial charge in [-0.1, -0.05) is 54.1 Å². The fourth-order valence-electron chi connectivity index (χ4n) is 4.01. The summed E-state index contributed by atoms with van der Waals surface area (Å²) in [6.45, 7) is 9.28. The van der Waals surface area contributed by atoms with Crippen molar-refractivity contribution >= 4 is 23.4 Å². The molecule has 0 heterocycles. The molecular weight excluding hydrogens is 491 g/mol. The molecule has 0 aromatic heterocycles. The van der Waals surface area contributed by atoms with E-state index < -0.39 is 11.6 Å². The molecule has 0 saturated heterocycles. The summed E-state index contributed by atoms with van der Waals surface area (Å²) in [5.41, 5.74) is 2.82. The Hall–Kier alpha value is -3.38. The summed E-state index contributed by atoms with van der Waals surface area (Å²) in [5, 5.41) is 3.67. The smallest absolute Gasteiger partial charge is 0.261 e. The van der Waals surface area contributed by atoms with Crippen molar-refractivity contribution in [2.45, 2.75) is 59.2 Å². The van der Waals surface area contributed by atoms with Crippen molar-refractivity contribution in [2.24, 2.45) is 0 Å². The highest BCUT2D eigenvalue weighted by atomic mass is 35.5. The number of hydrogen-bond donors (Lipinski definition) is 1. The van der Waals surface area contributed by atoms with Crippen molar-refractivity contribution in [1.82, 2.24) is 10.2 Å². The SMILES string of the molecule is Cc1cc(OCC(=O)N(Cc2ccc(F)cc2)[C@H](Cc2ccccc2)C(=O)NC(C)(C)C)cc(C)c1Cl. The van der Waals surface area contributed by atoms with Crippen molar-refractivity contribution < 1.29 is 18.7 Å². The predicted molar refractivity (Wildman–Crippen MR) is 145 cm³/mol. The molecule has 0 fully saturated rings. The second-order valence-corrected chi connectivity index (χ2v) is 10.6. The zero-order valence-electron chi connectivity index (χ0n) is 22.0. The summed E-state index contributed by atoms with van der Waals surface area (Å²) in [4.78, 5) is 28.7. The average Bonchev–Trinajstić information content (AvgIpc) is 2.83. The second-order valence-electron chi connectivity index (χ2n) is 10.3. The van der Waals surface area contributed by atoms with Gasteiger partial charge in [0.05, 0.1) is 0 Å². The van der Waals surface area contributed by atoms with Crippen LogP contribution in [0.2, 0.25) is 5.02 Å². The molecule has 3 rings (SSSR count). The number of carbonyl (C=O) groups excluding carboxylic acids is 2. The molecule has 0 saturated carbocycles. The van der Waals surface area contributed by atoms with E-state index in [1.165, 1.54) is 17.0 Å². The normalized spacial score (nSPS) is 12.1. The Morgan fingerprint density at radius 3 is 2.14 bits per heavy atom. The van der Waals surface area contributed by atoms with E-state index in [0.29, 0.717) is 22.8 Å². The summed E-state index contributed by atoms with van der Waals surface area (Å²) >= 11 is 6.27. The first-order chi connectivity index (χ1) is 17.4. The van der Waals surface area contributed by atoms with E-state index in [4.69, 9.17) is 16.3 Å². The second kappa shape index (κ2) is 12.2. The third-order valence-electron chi connectivity index (χ3n) is 5.81. The van der Waals surface area contributed by atoms with E-state index >= 15 is 0 Å². The summed E-state index contributed by atoms with van der Waals surface area (Å²) in [6, 6.07) is 18.2. The van der Waals surface area contributed by atoms with Crippen LogP contribution in [0.15, 0.2) is 66.7 Å². The van der Waals surface area contributed by atoms with E-state index in [2.05, 4.69) is 5.32 Å². The third kappa shape index (κ3) is 8.32. The van der Waals surface area contributed by atoms with Gasteiger partial charge >= 0.3 is 0 Å². The van der Waals surface area contributed by atoms with Gasteiger partial charge in [0.1, 0.15) is 17.6 Å². The number of ether oxygens (including phenoxy) is 1. The number of halogens is 2. The van der Waals surface area contributed by atoms with Crippen molar-refractivity contribution in [3.8, 4) is 5.75 Å². The largest absolute Gasteiger partial charge is 0.484 e. The molecule has 0 aliphatic heterocycles. The molecule has 7 heteroatoms. The fourth-order valence-corrected chi connectivity index (χ4v) is 4.12. The number of rotatable bonds is 9. The monoisotopic (exact) mass is 524 g/mol. The van der Waals surface area contributed by atoms with Crippen molar-refractivity contribution in [1.29, 1.82) is 0 Å². The molecule has 0 aliphatic rings. The summed E-state index contributed by atoms with van der Waals surface area (Å²) in [7, 11) is 0. The maximum Gasteiger partial charge on any atom is 0.261 e. The maximum absolute atomic E-state index is 13.6. The molecule has 0 bridgehead atoms. The van der Waals surface area contributed by atoms with Crippen LogP contribution in [0.3, 0.4) is 0 Å². The molecule has 37 heavy (non-hydrogen) atoms. The van der Waals surface area contributed by atoms with Crippen molar-refractivity contribution in [2.75, 3.05) is 6.61 Å². The van der Waals surface area contributed by atoms with E-state index in [0.717, 1.165) is 16.7 Å². The van der Waals surface area contributed by atoms with Gasteiger partial charge in [0.2, 0.25) is 5.91 Å². The van der Waals surface area contributed by atoms with Crippen LogP contribution in [0.1, 0.15) is 43.0 Å². The Bertz CT molecular complexity index is 1200. The van der Waals surface area contributed by atoms with Crippen LogP contribution >= 0.6 is 11.6 Å². The third-order valence-corrected chi connectivity index (χ3v) is 6.40. The van der Waals surface area contributed by atoms with Crippen LogP contribution in [-0.4, -0.2) is 34.9 Å². The maximum atomic E-state index is 13.6. The Morgan fingerprint density at radius 1 is 0.973 bits per heavy atom. The molecule has 3 aromatic carbocycles. The Kier molecular flexibility index (Phi) is 9.33. The lowest BCUT2D eigenvalue weighted by molar-refractivity contribution is -0.143. The molecule has 0 spiro atoms. The highest BCUT2D eigenvalue weighted by molar-refractivity contribution is 6.32. The van der Waals surface area contributed by atoms with Gasteiger partial charge in [-0.2, -0.15) is 0 Å². The molecule has 2 amide bonds. The van der Waals surface area contributed by atoms with Crippen LogP contribution in [0.5, 0.6) is 5.75 Å². The zero-order valence-corrected chi connectivity index (χ0v) is 22.7. The molecular formula is C30H34ClFN2O3. The number of hydrogen-bond acceptors (Lipinski definition) is 3. The summed E-state index contributed by atoms with van der Waals surface area (Å²) in [6.07, 6.45) is 0.314. The predicted octanol–water partition coefficient (Wildman–Crippen LogP) is 6.03. The lowest BCUT2D eigenvalue weighted by Gasteiger charge is -2.33. The summed E-state index contributed by atoms with van der Waals surface area (Å²) < 4.78 is 19.4. The Labute approximate surface area is 223 Å². The minimum absolute atomic E-state index is 0.121. The van der Waals surface area contributed by atoms with Crippen molar-refractivity contribution in [3.05, 3.63) is 99.8 Å². The number of aryl methyl sites for hydroxylation is 2. The van der Waals surface area contributed by atoms with Gasteiger partial charge in [-0.25, -0.2) is 4.39 Å². The Balaban J connectivity index is 1.94. The van der Waals surface area contributed by atoms with E-state index in [1.54, 1.807) is 24.3 Å². The van der Waals surface area contributed by atoms with Crippen LogP contribution in [0.25, 0.3) is 0 Å². The molecule has 196 valence electrons. The first-order valence-corrected chi connectivity index (χ1v) is 12.6. The minimum Gasteiger partial charge on any atom is -0.484 e. The number of nitrogens with zero attached hydrogens (tertiary/aromatic N) is 1. The van der Waals surface area contributed by atoms with Crippen molar-refractivity contribution in [3.63, 3.8) is 0 Å². The quantitative estimate of drug-likeness (QED) is 0.372. The lowest BCUT2D eigenvalue weighted by atomic mass is 10.0. The molecule has 0 aliphatic carbocycles. The standard InChI is InChI=1S/C30H34ClFN2O3/c1-20-15-25(16-21(2)28(20)31)37-19-27(35)34(18-23-11-13-24(32)14-12-23)26(29(36)33-30(3,4)5)17-22-9-7-6-8-10-22/h6-16,26H,17-19H2,1-5H3,(H,33,36)/t26-/m1/s1.